The van der Waals surface area contributed by atoms with Gasteiger partial charge >= 0.3 is 0 Å². The van der Waals surface area contributed by atoms with Crippen LogP contribution < -0.4 is 5.43 Å². The molecule has 5 nitrogen and oxygen atoms in total. The van der Waals surface area contributed by atoms with Crippen molar-refractivity contribution in [3.8, 4) is 0 Å². The molecule has 0 aliphatic heterocycles. The van der Waals surface area contributed by atoms with E-state index < -0.39 is 0 Å². The molecule has 0 aromatic carbocycles. The van der Waals surface area contributed by atoms with Gasteiger partial charge in [-0.15, -0.1) is 0 Å². The molecule has 2 aromatic heterocycles. The third-order valence-electron chi connectivity index (χ3n) is 1.92. The van der Waals surface area contributed by atoms with Gasteiger partial charge in [0.05, 0.1) is 11.8 Å². The molecule has 0 unspecified atom stereocenters. The lowest BCUT2D eigenvalue weighted by Crippen LogP contribution is -2.17. The summed E-state index contributed by atoms with van der Waals surface area (Å²) in [7, 11) is 0. The van der Waals surface area contributed by atoms with E-state index in [9.17, 15) is 4.79 Å². The summed E-state index contributed by atoms with van der Waals surface area (Å²) in [5.41, 5.74) is 2.82. The molecule has 0 aliphatic rings. The second-order valence-corrected chi connectivity index (χ2v) is 5.21. The summed E-state index contributed by atoms with van der Waals surface area (Å²) in [5, 5.41) is 3.80. The molecule has 0 radical (unpaired) electrons. The summed E-state index contributed by atoms with van der Waals surface area (Å²) in [6.07, 6.45) is 4.50. The summed E-state index contributed by atoms with van der Waals surface area (Å²) in [6.45, 7) is 0. The zero-order valence-electron chi connectivity index (χ0n) is 8.93. The molecule has 0 saturated carbocycles. The quantitative estimate of drug-likeness (QED) is 0.472. The number of pyridine rings is 1. The molecule has 1 amide bonds. The van der Waals surface area contributed by atoms with E-state index in [2.05, 4.69) is 31.4 Å². The normalized spacial score (nSPS) is 10.8. The van der Waals surface area contributed by atoms with Gasteiger partial charge in [-0.05, 0) is 56.7 Å². The Bertz CT molecular complexity index is 597. The van der Waals surface area contributed by atoms with Crippen molar-refractivity contribution in [2.75, 3.05) is 0 Å². The van der Waals surface area contributed by atoms with E-state index in [4.69, 9.17) is 4.42 Å². The number of nitrogens with one attached hydrogen (secondary N) is 1. The summed E-state index contributed by atoms with van der Waals surface area (Å²) < 4.78 is 6.75. The minimum Gasteiger partial charge on any atom is -0.449 e. The lowest BCUT2D eigenvalue weighted by Gasteiger charge is -1.98. The first-order chi connectivity index (χ1) is 8.65. The summed E-state index contributed by atoms with van der Waals surface area (Å²) in [5.74, 6) is 0.244. The van der Waals surface area contributed by atoms with Gasteiger partial charge in [0.1, 0.15) is 5.76 Å². The number of nitrogens with zero attached hydrogens (tertiary/aromatic N) is 2. The molecular weight excluding hydrogens is 413 g/mol. The molecule has 0 saturated heterocycles. The predicted octanol–water partition coefficient (Wildman–Crippen LogP) is 2.81. The third-order valence-corrected chi connectivity index (χ3v) is 2.93. The van der Waals surface area contributed by atoms with Crippen LogP contribution in [-0.4, -0.2) is 17.1 Å². The Kier molecular flexibility index (Phi) is 4.48. The van der Waals surface area contributed by atoms with Crippen molar-refractivity contribution in [3.05, 3.63) is 50.2 Å². The van der Waals surface area contributed by atoms with Crippen molar-refractivity contribution in [3.63, 3.8) is 0 Å². The van der Waals surface area contributed by atoms with Crippen molar-refractivity contribution < 1.29 is 9.21 Å². The Labute approximate surface area is 125 Å². The van der Waals surface area contributed by atoms with Gasteiger partial charge in [0.25, 0.3) is 5.91 Å². The van der Waals surface area contributed by atoms with Gasteiger partial charge in [0.15, 0.2) is 3.77 Å². The van der Waals surface area contributed by atoms with Crippen LogP contribution in [0.3, 0.4) is 0 Å². The van der Waals surface area contributed by atoms with E-state index in [1.165, 1.54) is 12.4 Å². The first-order valence-corrected chi connectivity index (χ1v) is 6.71. The summed E-state index contributed by atoms with van der Waals surface area (Å²) in [4.78, 5) is 15.6. The molecular formula is C11H7BrIN3O2. The highest BCUT2D eigenvalue weighted by Gasteiger charge is 2.04. The van der Waals surface area contributed by atoms with Crippen LogP contribution in [0, 0.1) is 3.77 Å². The van der Waals surface area contributed by atoms with Crippen molar-refractivity contribution in [1.82, 2.24) is 10.4 Å². The van der Waals surface area contributed by atoms with Crippen LogP contribution in [-0.2, 0) is 0 Å². The number of carbonyl (C=O) groups is 1. The third kappa shape index (κ3) is 3.64. The van der Waals surface area contributed by atoms with E-state index in [1.807, 2.05) is 28.7 Å². The molecule has 2 heterocycles. The van der Waals surface area contributed by atoms with Gasteiger partial charge in [0.2, 0.25) is 0 Å². The second-order valence-electron chi connectivity index (χ2n) is 3.23. The van der Waals surface area contributed by atoms with Gasteiger partial charge in [-0.2, -0.15) is 5.10 Å². The standard InChI is InChI=1S/C11H7BrIN3O2/c12-8-3-7(4-14-5-8)11(17)16-15-6-9-1-2-10(13)18-9/h1-6H,(H,16,17)/b15-6+. The van der Waals surface area contributed by atoms with Crippen molar-refractivity contribution in [1.29, 1.82) is 0 Å². The first-order valence-electron chi connectivity index (χ1n) is 4.84. The molecule has 0 aliphatic carbocycles. The smallest absolute Gasteiger partial charge is 0.272 e. The molecule has 0 bridgehead atoms. The Morgan fingerprint density at radius 2 is 2.33 bits per heavy atom. The molecule has 92 valence electrons. The lowest BCUT2D eigenvalue weighted by atomic mass is 10.3. The highest BCUT2D eigenvalue weighted by atomic mass is 127. The maximum atomic E-state index is 11.7. The molecule has 1 N–H and O–H groups in total. The Morgan fingerprint density at radius 3 is 3.00 bits per heavy atom. The van der Waals surface area contributed by atoms with Crippen LogP contribution in [0.1, 0.15) is 16.1 Å². The van der Waals surface area contributed by atoms with Gasteiger partial charge in [-0.3, -0.25) is 9.78 Å². The van der Waals surface area contributed by atoms with Crippen molar-refractivity contribution in [2.24, 2.45) is 5.10 Å². The van der Waals surface area contributed by atoms with Crippen LogP contribution in [0.5, 0.6) is 0 Å². The average molecular weight is 420 g/mol. The van der Waals surface area contributed by atoms with Crippen LogP contribution in [0.2, 0.25) is 0 Å². The number of hydrogen-bond acceptors (Lipinski definition) is 4. The Morgan fingerprint density at radius 1 is 1.50 bits per heavy atom. The number of carbonyl (C=O) groups excluding carboxylic acids is 1. The molecule has 2 aromatic rings. The highest BCUT2D eigenvalue weighted by molar-refractivity contribution is 14.1. The van der Waals surface area contributed by atoms with E-state index >= 15 is 0 Å². The summed E-state index contributed by atoms with van der Waals surface area (Å²) >= 11 is 5.29. The van der Waals surface area contributed by atoms with Crippen LogP contribution in [0.15, 0.2) is 44.6 Å². The van der Waals surface area contributed by atoms with E-state index in [1.54, 1.807) is 18.3 Å². The number of aromatic nitrogens is 1. The number of furan rings is 1. The minimum absolute atomic E-state index is 0.332. The molecule has 18 heavy (non-hydrogen) atoms. The largest absolute Gasteiger partial charge is 0.449 e. The van der Waals surface area contributed by atoms with E-state index in [-0.39, 0.29) is 5.91 Å². The molecule has 0 spiro atoms. The van der Waals surface area contributed by atoms with Gasteiger partial charge in [-0.25, -0.2) is 5.43 Å². The number of hydrogen-bond donors (Lipinski definition) is 1. The van der Waals surface area contributed by atoms with Crippen LogP contribution in [0.4, 0.5) is 0 Å². The summed E-state index contributed by atoms with van der Waals surface area (Å²) in [6, 6.07) is 5.23. The maximum Gasteiger partial charge on any atom is 0.272 e. The Hall–Kier alpha value is -1.22. The van der Waals surface area contributed by atoms with E-state index in [0.717, 1.165) is 8.24 Å². The van der Waals surface area contributed by atoms with Gasteiger partial charge in [0, 0.05) is 16.9 Å². The molecule has 2 rings (SSSR count). The number of rotatable bonds is 3. The lowest BCUT2D eigenvalue weighted by molar-refractivity contribution is 0.0954. The zero-order valence-corrected chi connectivity index (χ0v) is 12.7. The van der Waals surface area contributed by atoms with Crippen molar-refractivity contribution in [2.45, 2.75) is 0 Å². The molecule has 0 atom stereocenters. The number of halogens is 2. The first kappa shape index (κ1) is 13.2. The van der Waals surface area contributed by atoms with Gasteiger partial charge < -0.3 is 4.42 Å². The van der Waals surface area contributed by atoms with Crippen LogP contribution in [0.25, 0.3) is 0 Å². The maximum absolute atomic E-state index is 11.7. The van der Waals surface area contributed by atoms with Crippen LogP contribution >= 0.6 is 38.5 Å². The molecule has 7 heteroatoms. The fraction of sp³-hybridized carbons (Fsp3) is 0. The van der Waals surface area contributed by atoms with Gasteiger partial charge in [-0.1, -0.05) is 0 Å². The second kappa shape index (κ2) is 6.10. The Balaban J connectivity index is 1.98. The SMILES string of the molecule is O=C(N/N=C/c1ccc(I)o1)c1cncc(Br)c1. The zero-order chi connectivity index (χ0) is 13.0. The fourth-order valence-electron chi connectivity index (χ4n) is 1.15. The topological polar surface area (TPSA) is 67.5 Å². The highest BCUT2D eigenvalue weighted by Crippen LogP contribution is 2.09. The predicted molar refractivity (Wildman–Crippen MR) is 78.4 cm³/mol. The fourth-order valence-corrected chi connectivity index (χ4v) is 1.95. The number of amides is 1. The minimum atomic E-state index is -0.332. The molecule has 0 fully saturated rings. The average Bonchev–Trinajstić information content (AvgIpc) is 2.75. The monoisotopic (exact) mass is 419 g/mol. The number of hydrazone groups is 1. The van der Waals surface area contributed by atoms with E-state index in [0.29, 0.717) is 11.3 Å². The van der Waals surface area contributed by atoms with Crippen molar-refractivity contribution >= 4 is 50.6 Å².